The smallest absolute Gasteiger partial charge is 0.310 e. The maximum atomic E-state index is 10.9. The summed E-state index contributed by atoms with van der Waals surface area (Å²) < 4.78 is 10.4. The number of fused-ring (bicyclic) bond motifs is 1. The number of nitrogens with two attached hydrogens (primary N) is 1. The lowest BCUT2D eigenvalue weighted by Gasteiger charge is -2.13. The first-order valence-electron chi connectivity index (χ1n) is 7.97. The summed E-state index contributed by atoms with van der Waals surface area (Å²) in [4.78, 5) is 15.3. The lowest BCUT2D eigenvalue weighted by molar-refractivity contribution is -0.133. The zero-order valence-electron chi connectivity index (χ0n) is 14.0. The standard InChI is InChI=1S/C9H10ClNO2.C9H10ClNO/c1-2-9(12)13-8-4-3-6(10)5-7(8)11;1-2-9-11-7-5-6(10)3-4-8(7)12-9/h3-5H,2,11H2,1H3;3-5,7-8H,2H2,1H3. The molecule has 0 fully saturated rings. The van der Waals surface area contributed by atoms with Gasteiger partial charge in [-0.2, -0.15) is 0 Å². The van der Waals surface area contributed by atoms with Crippen LogP contribution in [0, 0.1) is 0 Å². The molecule has 1 aliphatic heterocycles. The lowest BCUT2D eigenvalue weighted by Crippen LogP contribution is -2.20. The van der Waals surface area contributed by atoms with Crippen LogP contribution in [0.25, 0.3) is 0 Å². The SMILES string of the molecule is CCC(=O)Oc1ccc(Cl)cc1N.CCC1=NC2C=C(Cl)C=CC2O1. The number of rotatable bonds is 3. The number of aliphatic imine (C=N–C) groups is 1. The van der Waals surface area contributed by atoms with Crippen molar-refractivity contribution in [3.63, 3.8) is 0 Å². The Bertz CT molecular complexity index is 729. The molecular weight excluding hydrogens is 363 g/mol. The van der Waals surface area contributed by atoms with Gasteiger partial charge in [0, 0.05) is 22.9 Å². The van der Waals surface area contributed by atoms with Gasteiger partial charge < -0.3 is 15.2 Å². The average Bonchev–Trinajstić information content (AvgIpc) is 3.00. The molecule has 0 radical (unpaired) electrons. The van der Waals surface area contributed by atoms with Crippen LogP contribution in [0.3, 0.4) is 0 Å². The number of hydrogen-bond acceptors (Lipinski definition) is 5. The summed E-state index contributed by atoms with van der Waals surface area (Å²) in [6, 6.07) is 4.85. The van der Waals surface area contributed by atoms with Crippen LogP contribution in [0.5, 0.6) is 5.75 Å². The number of hydrogen-bond donors (Lipinski definition) is 1. The van der Waals surface area contributed by atoms with Crippen molar-refractivity contribution in [2.24, 2.45) is 4.99 Å². The Hall–Kier alpha value is -1.98. The van der Waals surface area contributed by atoms with E-state index < -0.39 is 0 Å². The third-order valence-corrected chi connectivity index (χ3v) is 3.95. The quantitative estimate of drug-likeness (QED) is 0.474. The zero-order valence-corrected chi connectivity index (χ0v) is 15.6. The van der Waals surface area contributed by atoms with Crippen molar-refractivity contribution in [1.29, 1.82) is 0 Å². The molecule has 2 N–H and O–H groups in total. The highest BCUT2D eigenvalue weighted by Crippen LogP contribution is 2.25. The summed E-state index contributed by atoms with van der Waals surface area (Å²) in [6.07, 6.45) is 7.00. The van der Waals surface area contributed by atoms with E-state index in [1.165, 1.54) is 0 Å². The van der Waals surface area contributed by atoms with Gasteiger partial charge in [-0.1, -0.05) is 37.0 Å². The number of anilines is 1. The molecule has 0 saturated heterocycles. The Labute approximate surface area is 157 Å². The molecule has 2 atom stereocenters. The first-order valence-corrected chi connectivity index (χ1v) is 8.73. The highest BCUT2D eigenvalue weighted by Gasteiger charge is 2.28. The molecule has 0 bridgehead atoms. The molecule has 0 aromatic heterocycles. The average molecular weight is 383 g/mol. The fraction of sp³-hybridized carbons (Fsp3) is 0.333. The molecule has 0 spiro atoms. The summed E-state index contributed by atoms with van der Waals surface area (Å²) in [5.41, 5.74) is 5.93. The van der Waals surface area contributed by atoms with Crippen molar-refractivity contribution in [1.82, 2.24) is 0 Å². The third kappa shape index (κ3) is 5.51. The van der Waals surface area contributed by atoms with E-state index in [-0.39, 0.29) is 18.1 Å². The van der Waals surface area contributed by atoms with Crippen molar-refractivity contribution >= 4 is 40.8 Å². The topological polar surface area (TPSA) is 73.9 Å². The van der Waals surface area contributed by atoms with Crippen LogP contribution in [0.4, 0.5) is 5.69 Å². The summed E-state index contributed by atoms with van der Waals surface area (Å²) in [6.45, 7) is 3.75. The predicted molar refractivity (Wildman–Crippen MR) is 101 cm³/mol. The van der Waals surface area contributed by atoms with Crippen molar-refractivity contribution in [2.45, 2.75) is 38.8 Å². The van der Waals surface area contributed by atoms with Crippen molar-refractivity contribution in [2.75, 3.05) is 5.73 Å². The van der Waals surface area contributed by atoms with E-state index in [2.05, 4.69) is 4.99 Å². The van der Waals surface area contributed by atoms with Gasteiger partial charge in [0.1, 0.15) is 12.1 Å². The van der Waals surface area contributed by atoms with E-state index in [4.69, 9.17) is 38.4 Å². The number of esters is 1. The van der Waals surface area contributed by atoms with Crippen LogP contribution >= 0.6 is 23.2 Å². The second-order valence-corrected chi connectivity index (χ2v) is 6.24. The van der Waals surface area contributed by atoms with E-state index in [0.29, 0.717) is 22.9 Å². The van der Waals surface area contributed by atoms with Crippen LogP contribution in [0.1, 0.15) is 26.7 Å². The van der Waals surface area contributed by atoms with Gasteiger partial charge >= 0.3 is 5.97 Å². The zero-order chi connectivity index (χ0) is 18.4. The molecule has 1 aromatic rings. The molecule has 5 nitrogen and oxygen atoms in total. The molecule has 134 valence electrons. The monoisotopic (exact) mass is 382 g/mol. The van der Waals surface area contributed by atoms with Gasteiger partial charge in [0.15, 0.2) is 11.6 Å². The molecule has 2 aliphatic rings. The maximum absolute atomic E-state index is 10.9. The molecule has 1 aliphatic carbocycles. The van der Waals surface area contributed by atoms with Crippen LogP contribution in [0.2, 0.25) is 5.02 Å². The van der Waals surface area contributed by atoms with Gasteiger partial charge in [0.25, 0.3) is 0 Å². The minimum Gasteiger partial charge on any atom is -0.471 e. The van der Waals surface area contributed by atoms with Gasteiger partial charge in [-0.15, -0.1) is 0 Å². The van der Waals surface area contributed by atoms with E-state index in [9.17, 15) is 4.79 Å². The Kier molecular flexibility index (Phi) is 6.91. The summed E-state index contributed by atoms with van der Waals surface area (Å²) >= 11 is 11.5. The number of allylic oxidation sites excluding steroid dienone is 2. The largest absolute Gasteiger partial charge is 0.471 e. The number of nitrogen functional groups attached to an aromatic ring is 1. The molecule has 1 aromatic carbocycles. The molecule has 3 rings (SSSR count). The fourth-order valence-electron chi connectivity index (χ4n) is 2.17. The Morgan fingerprint density at radius 3 is 2.76 bits per heavy atom. The molecule has 7 heteroatoms. The molecule has 2 unspecified atom stereocenters. The number of halogens is 2. The van der Waals surface area contributed by atoms with Crippen LogP contribution < -0.4 is 10.5 Å². The predicted octanol–water partition coefficient (Wildman–Crippen LogP) is 4.49. The summed E-state index contributed by atoms with van der Waals surface area (Å²) in [5.74, 6) is 0.877. The minimum absolute atomic E-state index is 0.0856. The van der Waals surface area contributed by atoms with Crippen LogP contribution in [0.15, 0.2) is 46.5 Å². The Morgan fingerprint density at radius 2 is 2.12 bits per heavy atom. The molecule has 0 saturated carbocycles. The molecular formula is C18H20Cl2N2O3. The fourth-order valence-corrected chi connectivity index (χ4v) is 2.55. The van der Waals surface area contributed by atoms with Gasteiger partial charge in [-0.25, -0.2) is 4.99 Å². The highest BCUT2D eigenvalue weighted by molar-refractivity contribution is 6.31. The Morgan fingerprint density at radius 1 is 1.36 bits per heavy atom. The van der Waals surface area contributed by atoms with Gasteiger partial charge in [0.2, 0.25) is 0 Å². The van der Waals surface area contributed by atoms with Gasteiger partial charge in [-0.3, -0.25) is 4.79 Å². The molecule has 1 heterocycles. The first-order chi connectivity index (χ1) is 11.9. The van der Waals surface area contributed by atoms with E-state index in [1.54, 1.807) is 25.1 Å². The normalized spacial score (nSPS) is 20.5. The summed E-state index contributed by atoms with van der Waals surface area (Å²) in [5, 5.41) is 1.27. The number of ether oxygens (including phenoxy) is 2. The number of carbonyl (C=O) groups excluding carboxylic acids is 1. The van der Waals surface area contributed by atoms with Crippen molar-refractivity contribution < 1.29 is 14.3 Å². The van der Waals surface area contributed by atoms with E-state index >= 15 is 0 Å². The second-order valence-electron chi connectivity index (χ2n) is 5.37. The lowest BCUT2D eigenvalue weighted by atomic mass is 10.1. The first kappa shape index (κ1) is 19.3. The number of carbonyl (C=O) groups is 1. The van der Waals surface area contributed by atoms with Crippen LogP contribution in [-0.4, -0.2) is 24.0 Å². The van der Waals surface area contributed by atoms with Gasteiger partial charge in [0.05, 0.1) is 5.69 Å². The number of benzene rings is 1. The Balaban J connectivity index is 0.000000181. The van der Waals surface area contributed by atoms with E-state index in [1.807, 2.05) is 25.2 Å². The number of nitrogens with zero attached hydrogens (tertiary/aromatic N) is 1. The maximum Gasteiger partial charge on any atom is 0.310 e. The van der Waals surface area contributed by atoms with Crippen LogP contribution in [-0.2, 0) is 9.53 Å². The van der Waals surface area contributed by atoms with E-state index in [0.717, 1.165) is 17.4 Å². The van der Waals surface area contributed by atoms with Crippen molar-refractivity contribution in [3.05, 3.63) is 46.5 Å². The second kappa shape index (κ2) is 8.92. The molecule has 0 amide bonds. The summed E-state index contributed by atoms with van der Waals surface area (Å²) in [7, 11) is 0. The van der Waals surface area contributed by atoms with Gasteiger partial charge in [-0.05, 0) is 36.4 Å². The third-order valence-electron chi connectivity index (χ3n) is 3.46. The van der Waals surface area contributed by atoms with Crippen molar-refractivity contribution in [3.8, 4) is 5.75 Å². The molecule has 25 heavy (non-hydrogen) atoms. The highest BCUT2D eigenvalue weighted by atomic mass is 35.5. The minimum atomic E-state index is -0.311.